The zero-order valence-electron chi connectivity index (χ0n) is 7.85. The summed E-state index contributed by atoms with van der Waals surface area (Å²) in [6.07, 6.45) is 4.42. The lowest BCUT2D eigenvalue weighted by atomic mass is 9.84. The molecular formula is C10H13NO2S. The lowest BCUT2D eigenvalue weighted by Crippen LogP contribution is -2.25. The predicted octanol–water partition coefficient (Wildman–Crippen LogP) is 1.94. The molecule has 1 fully saturated rings. The third-order valence-corrected chi connectivity index (χ3v) is 3.53. The van der Waals surface area contributed by atoms with E-state index in [1.807, 2.05) is 5.38 Å². The van der Waals surface area contributed by atoms with E-state index in [2.05, 4.69) is 4.98 Å². The predicted molar refractivity (Wildman–Crippen MR) is 54.0 cm³/mol. The van der Waals surface area contributed by atoms with Gasteiger partial charge in [0, 0.05) is 18.0 Å². The highest BCUT2D eigenvalue weighted by atomic mass is 32.1. The van der Waals surface area contributed by atoms with E-state index in [0.29, 0.717) is 11.4 Å². The van der Waals surface area contributed by atoms with Crippen molar-refractivity contribution in [1.29, 1.82) is 0 Å². The van der Waals surface area contributed by atoms with Gasteiger partial charge in [0.25, 0.3) is 0 Å². The third-order valence-electron chi connectivity index (χ3n) is 2.69. The molecule has 1 N–H and O–H groups in total. The van der Waals surface area contributed by atoms with Crippen molar-refractivity contribution in [3.63, 3.8) is 0 Å². The van der Waals surface area contributed by atoms with Crippen LogP contribution in [-0.4, -0.2) is 15.9 Å². The van der Waals surface area contributed by atoms with Crippen molar-refractivity contribution in [3.05, 3.63) is 16.6 Å². The number of aromatic nitrogens is 1. The molecule has 1 aliphatic rings. The molecule has 0 aliphatic heterocycles. The molecule has 1 aromatic rings. The Balaban J connectivity index is 2.10. The summed E-state index contributed by atoms with van der Waals surface area (Å²) in [4.78, 5) is 15.6. The summed E-state index contributed by atoms with van der Waals surface area (Å²) in [6, 6.07) is 0. The van der Waals surface area contributed by atoms with E-state index < -0.39 is 6.10 Å². The Morgan fingerprint density at radius 1 is 1.57 bits per heavy atom. The summed E-state index contributed by atoms with van der Waals surface area (Å²) in [5.74, 6) is -0.0196. The van der Waals surface area contributed by atoms with Crippen molar-refractivity contribution in [2.45, 2.75) is 31.8 Å². The minimum atomic E-state index is -0.678. The Labute approximate surface area is 86.8 Å². The zero-order valence-corrected chi connectivity index (χ0v) is 8.67. The van der Waals surface area contributed by atoms with E-state index in [0.717, 1.165) is 19.3 Å². The van der Waals surface area contributed by atoms with Crippen molar-refractivity contribution in [2.24, 2.45) is 5.92 Å². The number of ketones is 1. The van der Waals surface area contributed by atoms with Crippen LogP contribution < -0.4 is 0 Å². The van der Waals surface area contributed by atoms with Gasteiger partial charge >= 0.3 is 0 Å². The molecule has 0 amide bonds. The number of hydrogen-bond acceptors (Lipinski definition) is 4. The molecule has 4 heteroatoms. The van der Waals surface area contributed by atoms with Crippen molar-refractivity contribution in [1.82, 2.24) is 4.98 Å². The van der Waals surface area contributed by atoms with E-state index in [1.165, 1.54) is 11.3 Å². The molecule has 0 aromatic carbocycles. The van der Waals surface area contributed by atoms with Crippen LogP contribution in [0.3, 0.4) is 0 Å². The first kappa shape index (κ1) is 9.80. The standard InChI is InChI=1S/C10H13NO2S/c12-8-4-2-1-3-7(8)9(13)10-11-5-6-14-10/h5-7,9,13H,1-4H2/t7-,9?/m1/s1. The maximum Gasteiger partial charge on any atom is 0.139 e. The highest BCUT2D eigenvalue weighted by molar-refractivity contribution is 7.09. The van der Waals surface area contributed by atoms with Gasteiger partial charge in [-0.15, -0.1) is 11.3 Å². The van der Waals surface area contributed by atoms with E-state index in [1.54, 1.807) is 6.20 Å². The van der Waals surface area contributed by atoms with Crippen LogP contribution in [0.25, 0.3) is 0 Å². The van der Waals surface area contributed by atoms with E-state index in [4.69, 9.17) is 0 Å². The quantitative estimate of drug-likeness (QED) is 0.813. The number of hydrogen-bond donors (Lipinski definition) is 1. The average molecular weight is 211 g/mol. The molecule has 1 aromatic heterocycles. The highest BCUT2D eigenvalue weighted by Crippen LogP contribution is 2.32. The van der Waals surface area contributed by atoms with Gasteiger partial charge in [-0.25, -0.2) is 4.98 Å². The van der Waals surface area contributed by atoms with Crippen molar-refractivity contribution >= 4 is 17.1 Å². The molecule has 1 aliphatic carbocycles. The molecule has 76 valence electrons. The summed E-state index contributed by atoms with van der Waals surface area (Å²) in [6.45, 7) is 0. The van der Waals surface area contributed by atoms with Gasteiger partial charge in [0.2, 0.25) is 0 Å². The number of Topliss-reactive ketones (excluding diaryl/α,β-unsaturated/α-hetero) is 1. The number of rotatable bonds is 2. The normalized spacial score (nSPS) is 24.9. The fourth-order valence-corrected chi connectivity index (χ4v) is 2.58. The molecule has 1 unspecified atom stereocenters. The first-order valence-electron chi connectivity index (χ1n) is 4.89. The fraction of sp³-hybridized carbons (Fsp3) is 0.600. The largest absolute Gasteiger partial charge is 0.385 e. The number of thiazole rings is 1. The molecule has 1 heterocycles. The summed E-state index contributed by atoms with van der Waals surface area (Å²) >= 11 is 1.41. The van der Waals surface area contributed by atoms with Crippen molar-refractivity contribution < 1.29 is 9.90 Å². The molecule has 0 saturated heterocycles. The van der Waals surface area contributed by atoms with Crippen LogP contribution in [0.5, 0.6) is 0 Å². The minimum Gasteiger partial charge on any atom is -0.385 e. The van der Waals surface area contributed by atoms with Crippen LogP contribution in [-0.2, 0) is 4.79 Å². The second kappa shape index (κ2) is 4.19. The van der Waals surface area contributed by atoms with Gasteiger partial charge in [0.05, 0.1) is 5.92 Å². The fourth-order valence-electron chi connectivity index (χ4n) is 1.90. The second-order valence-electron chi connectivity index (χ2n) is 3.63. The van der Waals surface area contributed by atoms with Crippen LogP contribution in [0.4, 0.5) is 0 Å². The molecule has 1 saturated carbocycles. The molecular weight excluding hydrogens is 198 g/mol. The lowest BCUT2D eigenvalue weighted by molar-refractivity contribution is -0.128. The molecule has 0 bridgehead atoms. The number of aliphatic hydroxyl groups is 1. The van der Waals surface area contributed by atoms with Crippen molar-refractivity contribution in [2.75, 3.05) is 0 Å². The number of aliphatic hydroxyl groups excluding tert-OH is 1. The number of carbonyl (C=O) groups excluding carboxylic acids is 1. The number of nitrogens with zero attached hydrogens (tertiary/aromatic N) is 1. The van der Waals surface area contributed by atoms with Crippen LogP contribution in [0.2, 0.25) is 0 Å². The van der Waals surface area contributed by atoms with Gasteiger partial charge in [-0.1, -0.05) is 6.42 Å². The SMILES string of the molecule is O=C1CCCC[C@H]1C(O)c1nccs1. The average Bonchev–Trinajstić information content (AvgIpc) is 2.70. The summed E-state index contributed by atoms with van der Waals surface area (Å²) in [5, 5.41) is 12.4. The maximum absolute atomic E-state index is 11.5. The van der Waals surface area contributed by atoms with E-state index in [-0.39, 0.29) is 11.7 Å². The van der Waals surface area contributed by atoms with Gasteiger partial charge in [0.1, 0.15) is 16.9 Å². The zero-order chi connectivity index (χ0) is 9.97. The van der Waals surface area contributed by atoms with Crippen LogP contribution in [0.15, 0.2) is 11.6 Å². The Morgan fingerprint density at radius 3 is 3.07 bits per heavy atom. The van der Waals surface area contributed by atoms with Gasteiger partial charge < -0.3 is 5.11 Å². The van der Waals surface area contributed by atoms with Gasteiger partial charge in [0.15, 0.2) is 0 Å². The third kappa shape index (κ3) is 1.86. The molecule has 2 atom stereocenters. The monoisotopic (exact) mass is 211 g/mol. The summed E-state index contributed by atoms with van der Waals surface area (Å²) < 4.78 is 0. The Morgan fingerprint density at radius 2 is 2.43 bits per heavy atom. The maximum atomic E-state index is 11.5. The molecule has 2 rings (SSSR count). The molecule has 0 spiro atoms. The molecule has 14 heavy (non-hydrogen) atoms. The van der Waals surface area contributed by atoms with E-state index in [9.17, 15) is 9.90 Å². The van der Waals surface area contributed by atoms with E-state index >= 15 is 0 Å². The first-order chi connectivity index (χ1) is 6.79. The smallest absolute Gasteiger partial charge is 0.139 e. The minimum absolute atomic E-state index is 0.193. The van der Waals surface area contributed by atoms with Crippen LogP contribution in [0.1, 0.15) is 36.8 Å². The summed E-state index contributed by atoms with van der Waals surface area (Å²) in [5.41, 5.74) is 0. The highest BCUT2D eigenvalue weighted by Gasteiger charge is 2.31. The lowest BCUT2D eigenvalue weighted by Gasteiger charge is -2.23. The van der Waals surface area contributed by atoms with Gasteiger partial charge in [-0.2, -0.15) is 0 Å². The Hall–Kier alpha value is -0.740. The number of carbonyl (C=O) groups is 1. The molecule has 0 radical (unpaired) electrons. The topological polar surface area (TPSA) is 50.2 Å². The van der Waals surface area contributed by atoms with Gasteiger partial charge in [-0.3, -0.25) is 4.79 Å². The Kier molecular flexibility index (Phi) is 2.93. The van der Waals surface area contributed by atoms with Crippen molar-refractivity contribution in [3.8, 4) is 0 Å². The molecule has 3 nitrogen and oxygen atoms in total. The summed E-state index contributed by atoms with van der Waals surface area (Å²) in [7, 11) is 0. The van der Waals surface area contributed by atoms with Crippen LogP contribution >= 0.6 is 11.3 Å². The Bertz CT molecular complexity index is 310. The first-order valence-corrected chi connectivity index (χ1v) is 5.77. The second-order valence-corrected chi connectivity index (χ2v) is 4.56. The van der Waals surface area contributed by atoms with Gasteiger partial charge in [-0.05, 0) is 12.8 Å². The van der Waals surface area contributed by atoms with Crippen LogP contribution in [0, 0.1) is 5.92 Å².